The van der Waals surface area contributed by atoms with E-state index in [2.05, 4.69) is 9.80 Å². The smallest absolute Gasteiger partial charge is 0.303 e. The fourth-order valence-electron chi connectivity index (χ4n) is 6.91. The van der Waals surface area contributed by atoms with Gasteiger partial charge in [0.25, 0.3) is 11.8 Å². The van der Waals surface area contributed by atoms with Gasteiger partial charge in [0, 0.05) is 39.6 Å². The lowest BCUT2D eigenvalue weighted by atomic mass is 9.54. The van der Waals surface area contributed by atoms with Crippen molar-refractivity contribution in [2.24, 2.45) is 23.7 Å². The highest BCUT2D eigenvalue weighted by Gasteiger charge is 2.68. The molecule has 1 aromatic carbocycles. The first-order valence-electron chi connectivity index (χ1n) is 12.8. The Morgan fingerprint density at radius 2 is 1.83 bits per heavy atom. The number of rotatable bonds is 7. The van der Waals surface area contributed by atoms with Crippen LogP contribution in [0, 0.1) is 29.5 Å². The predicted octanol–water partition coefficient (Wildman–Crippen LogP) is 2.79. The molecular formula is C27H34FN3O5. The summed E-state index contributed by atoms with van der Waals surface area (Å²) in [6.07, 6.45) is 3.07. The van der Waals surface area contributed by atoms with Gasteiger partial charge in [-0.05, 0) is 49.8 Å². The molecule has 2 saturated heterocycles. The molecule has 5 aliphatic rings. The average Bonchev–Trinajstić information content (AvgIpc) is 3.08. The summed E-state index contributed by atoms with van der Waals surface area (Å²) in [5, 5.41) is 0.932. The lowest BCUT2D eigenvalue weighted by Gasteiger charge is -2.52. The number of piperazine rings is 1. The van der Waals surface area contributed by atoms with E-state index >= 15 is 0 Å². The number of hydrogen-bond donors (Lipinski definition) is 0. The second-order valence-electron chi connectivity index (χ2n) is 10.6. The lowest BCUT2D eigenvalue weighted by molar-refractivity contribution is -0.191. The summed E-state index contributed by atoms with van der Waals surface area (Å²) in [7, 11) is 0. The van der Waals surface area contributed by atoms with Gasteiger partial charge in [0.05, 0.1) is 24.1 Å². The number of imide groups is 1. The molecule has 3 fully saturated rings. The summed E-state index contributed by atoms with van der Waals surface area (Å²) >= 11 is 0. The van der Waals surface area contributed by atoms with Gasteiger partial charge in [-0.3, -0.25) is 24.1 Å². The Kier molecular flexibility index (Phi) is 6.63. The molecule has 0 N–H and O–H groups in total. The molecule has 5 unspecified atom stereocenters. The van der Waals surface area contributed by atoms with Crippen LogP contribution in [0.15, 0.2) is 35.9 Å². The van der Waals surface area contributed by atoms with Crippen LogP contribution in [0.2, 0.25) is 0 Å². The number of hydrogen-bond acceptors (Lipinski definition) is 7. The van der Waals surface area contributed by atoms with Crippen molar-refractivity contribution in [1.82, 2.24) is 9.96 Å². The van der Waals surface area contributed by atoms with E-state index in [9.17, 15) is 18.8 Å². The highest BCUT2D eigenvalue weighted by Crippen LogP contribution is 2.58. The number of esters is 1. The van der Waals surface area contributed by atoms with Crippen LogP contribution in [-0.2, 0) is 24.0 Å². The molecule has 2 amide bonds. The molecule has 3 aliphatic carbocycles. The van der Waals surface area contributed by atoms with Crippen molar-refractivity contribution in [2.75, 3.05) is 44.2 Å². The minimum Gasteiger partial charge on any atom is -0.454 e. The molecule has 5 atom stereocenters. The van der Waals surface area contributed by atoms with Crippen molar-refractivity contribution < 1.29 is 28.3 Å². The van der Waals surface area contributed by atoms with Crippen molar-refractivity contribution in [3.05, 3.63) is 41.7 Å². The van der Waals surface area contributed by atoms with Crippen LogP contribution in [0.1, 0.15) is 33.6 Å². The molecule has 194 valence electrons. The molecule has 1 saturated carbocycles. The third kappa shape index (κ3) is 4.22. The molecule has 36 heavy (non-hydrogen) atoms. The Bertz CT molecular complexity index is 1080. The monoisotopic (exact) mass is 499 g/mol. The van der Waals surface area contributed by atoms with E-state index in [1.54, 1.807) is 12.1 Å². The van der Waals surface area contributed by atoms with Crippen LogP contribution < -0.4 is 4.90 Å². The molecule has 2 heterocycles. The number of ether oxygens (including phenoxy) is 1. The van der Waals surface area contributed by atoms with Crippen molar-refractivity contribution in [2.45, 2.75) is 39.2 Å². The van der Waals surface area contributed by atoms with Gasteiger partial charge < -0.3 is 9.64 Å². The van der Waals surface area contributed by atoms with Gasteiger partial charge in [-0.15, -0.1) is 0 Å². The van der Waals surface area contributed by atoms with E-state index in [1.807, 2.05) is 26.0 Å². The fraction of sp³-hybridized carbons (Fsp3) is 0.593. The lowest BCUT2D eigenvalue weighted by Crippen LogP contribution is -2.57. The average molecular weight is 500 g/mol. The molecule has 1 aromatic rings. The summed E-state index contributed by atoms with van der Waals surface area (Å²) in [5.74, 6) is -2.63. The molecule has 0 radical (unpaired) electrons. The number of carbonyl (C=O) groups excluding carboxylic acids is 3. The molecule has 0 spiro atoms. The standard InChI is InChI=1S/C27H34FN3O5/c1-17-15-27(36-19(3)32)16-18(2)22(17)23-24(27)26(34)31(25(23)33)35-14-6-9-29-10-12-30(13-11-29)21-8-5-4-7-20(21)28/h4-5,7-8,15,18,22-24H,6,9-14,16H2,1-3H3. The van der Waals surface area contributed by atoms with Gasteiger partial charge in [0.1, 0.15) is 11.4 Å². The maximum absolute atomic E-state index is 14.1. The molecule has 9 heteroatoms. The Morgan fingerprint density at radius 3 is 2.50 bits per heavy atom. The number of allylic oxidation sites excluding steroid dienone is 1. The number of carbonyl (C=O) groups is 3. The van der Waals surface area contributed by atoms with Gasteiger partial charge in [0.15, 0.2) is 0 Å². The summed E-state index contributed by atoms with van der Waals surface area (Å²) in [6, 6.07) is 6.82. The van der Waals surface area contributed by atoms with E-state index in [0.717, 1.165) is 43.4 Å². The number of nitrogens with zero attached hydrogens (tertiary/aromatic N) is 3. The van der Waals surface area contributed by atoms with Crippen LogP contribution >= 0.6 is 0 Å². The van der Waals surface area contributed by atoms with Gasteiger partial charge >= 0.3 is 5.97 Å². The predicted molar refractivity (Wildman–Crippen MR) is 130 cm³/mol. The van der Waals surface area contributed by atoms with Crippen LogP contribution in [0.3, 0.4) is 0 Å². The van der Waals surface area contributed by atoms with E-state index in [1.165, 1.54) is 13.0 Å². The van der Waals surface area contributed by atoms with Gasteiger partial charge in [-0.25, -0.2) is 4.39 Å². The topological polar surface area (TPSA) is 79.4 Å². The van der Waals surface area contributed by atoms with Gasteiger partial charge in [0.2, 0.25) is 0 Å². The fourth-order valence-corrected chi connectivity index (χ4v) is 6.91. The number of anilines is 1. The normalized spacial score (nSPS) is 32.1. The van der Waals surface area contributed by atoms with E-state index < -0.39 is 29.3 Å². The molecular weight excluding hydrogens is 465 g/mol. The Labute approximate surface area is 210 Å². The zero-order valence-electron chi connectivity index (χ0n) is 21.1. The first-order valence-corrected chi connectivity index (χ1v) is 12.8. The summed E-state index contributed by atoms with van der Waals surface area (Å²) < 4.78 is 19.8. The number of benzene rings is 1. The molecule has 2 bridgehead atoms. The second-order valence-corrected chi connectivity index (χ2v) is 10.6. The quantitative estimate of drug-likeness (QED) is 0.247. The molecule has 0 aromatic heterocycles. The van der Waals surface area contributed by atoms with Gasteiger partial charge in [-0.2, -0.15) is 5.06 Å². The first-order chi connectivity index (χ1) is 17.2. The van der Waals surface area contributed by atoms with E-state index in [-0.39, 0.29) is 30.2 Å². The molecule has 6 rings (SSSR count). The largest absolute Gasteiger partial charge is 0.454 e. The summed E-state index contributed by atoms with van der Waals surface area (Å²) in [4.78, 5) is 48.7. The van der Waals surface area contributed by atoms with Crippen LogP contribution in [0.25, 0.3) is 0 Å². The van der Waals surface area contributed by atoms with E-state index in [4.69, 9.17) is 9.57 Å². The SMILES string of the molecule is CC(=O)OC12C=C(C)C(C(C)C1)C1C(=O)N(OCCCN3CCN(c4ccccc4F)CC3)C(=O)C12. The first kappa shape index (κ1) is 24.9. The minimum atomic E-state index is -1.09. The maximum Gasteiger partial charge on any atom is 0.303 e. The van der Waals surface area contributed by atoms with Crippen molar-refractivity contribution in [1.29, 1.82) is 0 Å². The number of amides is 2. The van der Waals surface area contributed by atoms with Gasteiger partial charge in [-0.1, -0.05) is 24.6 Å². The Balaban J connectivity index is 1.16. The zero-order chi connectivity index (χ0) is 25.6. The summed E-state index contributed by atoms with van der Waals surface area (Å²) in [5.41, 5.74) is 0.540. The van der Waals surface area contributed by atoms with Crippen LogP contribution in [0.4, 0.5) is 10.1 Å². The second kappa shape index (κ2) is 9.59. The number of para-hydroxylation sites is 1. The van der Waals surface area contributed by atoms with Crippen LogP contribution in [0.5, 0.6) is 0 Å². The van der Waals surface area contributed by atoms with Crippen LogP contribution in [-0.4, -0.2) is 72.7 Å². The molecule has 2 aliphatic heterocycles. The molecule has 8 nitrogen and oxygen atoms in total. The maximum atomic E-state index is 14.1. The third-order valence-corrected chi connectivity index (χ3v) is 8.21. The number of halogens is 1. The van der Waals surface area contributed by atoms with Crippen molar-refractivity contribution in [3.63, 3.8) is 0 Å². The third-order valence-electron chi connectivity index (χ3n) is 8.21. The Hall–Kier alpha value is -2.78. The number of fused-ring (bicyclic) bond motifs is 1. The van der Waals surface area contributed by atoms with Crippen molar-refractivity contribution >= 4 is 23.5 Å². The number of hydroxylamine groups is 2. The van der Waals surface area contributed by atoms with Crippen molar-refractivity contribution in [3.8, 4) is 0 Å². The minimum absolute atomic E-state index is 0.0526. The van der Waals surface area contributed by atoms with E-state index in [0.29, 0.717) is 18.5 Å². The summed E-state index contributed by atoms with van der Waals surface area (Å²) in [6.45, 7) is 9.39. The Morgan fingerprint density at radius 1 is 1.11 bits per heavy atom. The highest BCUT2D eigenvalue weighted by molar-refractivity contribution is 6.05. The zero-order valence-corrected chi connectivity index (χ0v) is 21.1. The highest BCUT2D eigenvalue weighted by atomic mass is 19.1.